The molecule has 0 fully saturated rings. The van der Waals surface area contributed by atoms with E-state index in [9.17, 15) is 15.2 Å². The molecule has 1 heterocycles. The minimum Gasteiger partial charge on any atom is -0.870 e. The van der Waals surface area contributed by atoms with Crippen LogP contribution < -0.4 is 9.84 Å². The minimum absolute atomic E-state index is 0.0577. The predicted octanol–water partition coefficient (Wildman–Crippen LogP) is 4.85. The van der Waals surface area contributed by atoms with Crippen molar-refractivity contribution < 1.29 is 19.2 Å². The first-order chi connectivity index (χ1) is 14.9. The molecule has 3 aromatic carbocycles. The van der Waals surface area contributed by atoms with E-state index in [0.717, 1.165) is 22.8 Å². The van der Waals surface area contributed by atoms with Gasteiger partial charge in [0, 0.05) is 17.8 Å². The maximum absolute atomic E-state index is 12.4. The third-order valence-corrected chi connectivity index (χ3v) is 4.84. The van der Waals surface area contributed by atoms with Crippen molar-refractivity contribution in [1.82, 2.24) is 4.98 Å². The Labute approximate surface area is 177 Å². The summed E-state index contributed by atoms with van der Waals surface area (Å²) in [6, 6.07) is 13.5. The molecule has 0 N–H and O–H groups in total. The van der Waals surface area contributed by atoms with Gasteiger partial charge >= 0.3 is 0 Å². The summed E-state index contributed by atoms with van der Waals surface area (Å²) >= 11 is 0. The zero-order valence-corrected chi connectivity index (χ0v) is 17.1. The van der Waals surface area contributed by atoms with Crippen molar-refractivity contribution in [2.75, 3.05) is 7.11 Å². The second-order valence-electron chi connectivity index (χ2n) is 7.07. The third kappa shape index (κ3) is 3.95. The van der Waals surface area contributed by atoms with Crippen molar-refractivity contribution >= 4 is 28.7 Å². The van der Waals surface area contributed by atoms with E-state index in [1.807, 2.05) is 26.0 Å². The molecule has 4 aromatic rings. The van der Waals surface area contributed by atoms with E-state index in [0.29, 0.717) is 22.7 Å². The summed E-state index contributed by atoms with van der Waals surface area (Å²) in [4.78, 5) is 19.4. The van der Waals surface area contributed by atoms with E-state index in [1.165, 1.54) is 19.4 Å². The van der Waals surface area contributed by atoms with Crippen LogP contribution in [0.5, 0.6) is 11.5 Å². The Bertz CT molecular complexity index is 1340. The standard InChI is InChI=1S/C23H19N3O5/c1-13-4-6-18(14(2)8-13)23-25-19-10-16(5-7-20(19)31-23)24-12-15-9-17(26(28)29)11-21(30-3)22(15)27/h4-12,27H,1-3H3/p-1. The van der Waals surface area contributed by atoms with Gasteiger partial charge in [0.1, 0.15) is 11.3 Å². The Morgan fingerprint density at radius 1 is 1.13 bits per heavy atom. The second kappa shape index (κ2) is 7.91. The lowest BCUT2D eigenvalue weighted by Crippen LogP contribution is -2.02. The van der Waals surface area contributed by atoms with Crippen molar-refractivity contribution in [3.05, 3.63) is 75.3 Å². The van der Waals surface area contributed by atoms with Crippen LogP contribution in [0.25, 0.3) is 22.6 Å². The van der Waals surface area contributed by atoms with Gasteiger partial charge in [-0.15, -0.1) is 0 Å². The Balaban J connectivity index is 1.69. The van der Waals surface area contributed by atoms with Crippen molar-refractivity contribution in [1.29, 1.82) is 0 Å². The summed E-state index contributed by atoms with van der Waals surface area (Å²) in [6.07, 6.45) is 1.28. The number of benzene rings is 3. The van der Waals surface area contributed by atoms with E-state index in [4.69, 9.17) is 9.15 Å². The number of oxazole rings is 1. The number of non-ortho nitro benzene ring substituents is 1. The third-order valence-electron chi connectivity index (χ3n) is 4.84. The van der Waals surface area contributed by atoms with Gasteiger partial charge < -0.3 is 14.3 Å². The number of hydrogen-bond acceptors (Lipinski definition) is 7. The maximum Gasteiger partial charge on any atom is 0.273 e. The van der Waals surface area contributed by atoms with E-state index in [1.54, 1.807) is 18.2 Å². The number of nitrogens with zero attached hydrogens (tertiary/aromatic N) is 3. The molecule has 0 radical (unpaired) electrons. The molecule has 0 aliphatic carbocycles. The van der Waals surface area contributed by atoms with Crippen LogP contribution in [0, 0.1) is 24.0 Å². The average Bonchev–Trinajstić information content (AvgIpc) is 3.15. The van der Waals surface area contributed by atoms with Gasteiger partial charge in [-0.3, -0.25) is 15.1 Å². The fourth-order valence-electron chi connectivity index (χ4n) is 3.27. The highest BCUT2D eigenvalue weighted by Gasteiger charge is 2.13. The highest BCUT2D eigenvalue weighted by molar-refractivity contribution is 5.89. The van der Waals surface area contributed by atoms with Crippen LogP contribution in [0.2, 0.25) is 0 Å². The second-order valence-corrected chi connectivity index (χ2v) is 7.07. The van der Waals surface area contributed by atoms with Gasteiger partial charge in [-0.05, 0) is 49.2 Å². The molecule has 156 valence electrons. The van der Waals surface area contributed by atoms with Crippen molar-refractivity contribution in [2.24, 2.45) is 4.99 Å². The summed E-state index contributed by atoms with van der Waals surface area (Å²) < 4.78 is 10.8. The lowest BCUT2D eigenvalue weighted by molar-refractivity contribution is -0.385. The number of fused-ring (bicyclic) bond motifs is 1. The SMILES string of the molecule is COc1cc([N+](=O)[O-])cc(C=Nc2ccc3oc(-c4ccc(C)cc4C)nc3c2)c1[O-]. The van der Waals surface area contributed by atoms with E-state index in [2.05, 4.69) is 16.0 Å². The number of ether oxygens (including phenoxy) is 1. The van der Waals surface area contributed by atoms with Crippen molar-refractivity contribution in [2.45, 2.75) is 13.8 Å². The highest BCUT2D eigenvalue weighted by atomic mass is 16.6. The summed E-state index contributed by atoms with van der Waals surface area (Å²) in [6.45, 7) is 4.03. The van der Waals surface area contributed by atoms with Crippen molar-refractivity contribution in [3.63, 3.8) is 0 Å². The molecule has 0 amide bonds. The zero-order chi connectivity index (χ0) is 22.1. The number of aromatic nitrogens is 1. The molecule has 0 spiro atoms. The summed E-state index contributed by atoms with van der Waals surface area (Å²) in [5.74, 6) is -0.0731. The lowest BCUT2D eigenvalue weighted by atomic mass is 10.1. The van der Waals surface area contributed by atoms with Crippen LogP contribution in [0.1, 0.15) is 16.7 Å². The van der Waals surface area contributed by atoms with Crippen LogP contribution >= 0.6 is 0 Å². The smallest absolute Gasteiger partial charge is 0.273 e. The van der Waals surface area contributed by atoms with Gasteiger partial charge in [0.05, 0.1) is 23.8 Å². The lowest BCUT2D eigenvalue weighted by Gasteiger charge is -2.14. The van der Waals surface area contributed by atoms with Crippen LogP contribution in [0.3, 0.4) is 0 Å². The van der Waals surface area contributed by atoms with Crippen LogP contribution in [0.15, 0.2) is 57.9 Å². The van der Waals surface area contributed by atoms with Gasteiger partial charge in [-0.2, -0.15) is 0 Å². The van der Waals surface area contributed by atoms with Gasteiger partial charge in [0.25, 0.3) is 5.69 Å². The number of nitro benzene ring substituents is 1. The van der Waals surface area contributed by atoms with E-state index >= 15 is 0 Å². The number of nitro groups is 1. The molecule has 31 heavy (non-hydrogen) atoms. The maximum atomic E-state index is 12.4. The number of rotatable bonds is 5. The molecular formula is C23H18N3O5-. The molecule has 4 rings (SSSR count). The summed E-state index contributed by atoms with van der Waals surface area (Å²) in [5.41, 5.74) is 4.69. The molecule has 0 unspecified atom stereocenters. The molecule has 8 nitrogen and oxygen atoms in total. The van der Waals surface area contributed by atoms with Gasteiger partial charge in [0.15, 0.2) is 5.58 Å². The number of aliphatic imine (C=N–C) groups is 1. The Hall–Kier alpha value is -4.20. The fourth-order valence-corrected chi connectivity index (χ4v) is 3.27. The molecule has 0 bridgehead atoms. The van der Waals surface area contributed by atoms with Crippen LogP contribution in [-0.2, 0) is 0 Å². The molecule has 0 aliphatic heterocycles. The van der Waals surface area contributed by atoms with E-state index < -0.39 is 10.7 Å². The highest BCUT2D eigenvalue weighted by Crippen LogP contribution is 2.32. The molecule has 8 heteroatoms. The zero-order valence-electron chi connectivity index (χ0n) is 17.1. The number of methoxy groups -OCH3 is 1. The summed E-state index contributed by atoms with van der Waals surface area (Å²) in [5, 5.41) is 23.5. The molecule has 0 aliphatic rings. The van der Waals surface area contributed by atoms with Gasteiger partial charge in [-0.1, -0.05) is 23.4 Å². The van der Waals surface area contributed by atoms with Crippen molar-refractivity contribution in [3.8, 4) is 23.0 Å². The monoisotopic (exact) mass is 416 g/mol. The first kappa shape index (κ1) is 20.1. The average molecular weight is 416 g/mol. The molecule has 0 saturated heterocycles. The normalized spacial score (nSPS) is 11.3. The van der Waals surface area contributed by atoms with Crippen LogP contribution in [0.4, 0.5) is 11.4 Å². The number of aryl methyl sites for hydroxylation is 2. The molecule has 1 aromatic heterocycles. The molecule has 0 saturated carbocycles. The largest absolute Gasteiger partial charge is 0.870 e. The topological polar surface area (TPSA) is 114 Å². The predicted molar refractivity (Wildman–Crippen MR) is 115 cm³/mol. The molecule has 0 atom stereocenters. The van der Waals surface area contributed by atoms with E-state index in [-0.39, 0.29) is 17.0 Å². The van der Waals surface area contributed by atoms with Gasteiger partial charge in [-0.25, -0.2) is 4.98 Å². The van der Waals surface area contributed by atoms with Crippen LogP contribution in [-0.4, -0.2) is 23.2 Å². The summed E-state index contributed by atoms with van der Waals surface area (Å²) in [7, 11) is 1.28. The first-order valence-corrected chi connectivity index (χ1v) is 9.41. The quantitative estimate of drug-likeness (QED) is 0.261. The molecular weight excluding hydrogens is 398 g/mol. The minimum atomic E-state index is -0.588. The van der Waals surface area contributed by atoms with Gasteiger partial charge in [0.2, 0.25) is 5.89 Å². The fraction of sp³-hybridized carbons (Fsp3) is 0.130. The number of hydrogen-bond donors (Lipinski definition) is 0. The Morgan fingerprint density at radius 2 is 1.94 bits per heavy atom. The Morgan fingerprint density at radius 3 is 2.65 bits per heavy atom. The Kier molecular flexibility index (Phi) is 5.12. The first-order valence-electron chi connectivity index (χ1n) is 9.41.